The van der Waals surface area contributed by atoms with Crippen LogP contribution < -0.4 is 5.32 Å². The Kier molecular flexibility index (Phi) is 5.05. The van der Waals surface area contributed by atoms with Gasteiger partial charge in [-0.2, -0.15) is 0 Å². The Bertz CT molecular complexity index is 851. The van der Waals surface area contributed by atoms with Gasteiger partial charge in [0.25, 0.3) is 0 Å². The van der Waals surface area contributed by atoms with Crippen LogP contribution in [0.2, 0.25) is 0 Å². The maximum Gasteiger partial charge on any atom is 0.407 e. The third-order valence-corrected chi connectivity index (χ3v) is 5.71. The first-order chi connectivity index (χ1) is 13.6. The molecule has 0 aliphatic heterocycles. The lowest BCUT2D eigenvalue weighted by Crippen LogP contribution is -2.40. The van der Waals surface area contributed by atoms with E-state index in [4.69, 9.17) is 9.47 Å². The van der Waals surface area contributed by atoms with Crippen LogP contribution in [0.4, 0.5) is 4.79 Å². The Labute approximate surface area is 163 Å². The highest BCUT2D eigenvalue weighted by Gasteiger charge is 2.39. The van der Waals surface area contributed by atoms with Crippen LogP contribution in [0.3, 0.4) is 0 Å². The van der Waals surface area contributed by atoms with Gasteiger partial charge in [-0.3, -0.25) is 4.79 Å². The van der Waals surface area contributed by atoms with Crippen LogP contribution in [-0.4, -0.2) is 43.0 Å². The molecule has 2 aliphatic rings. The number of carbonyl (C=O) groups is 2. The first-order valence-electron chi connectivity index (χ1n) is 9.46. The van der Waals surface area contributed by atoms with Gasteiger partial charge in [-0.1, -0.05) is 48.5 Å². The van der Waals surface area contributed by atoms with Gasteiger partial charge in [0.1, 0.15) is 6.61 Å². The summed E-state index contributed by atoms with van der Waals surface area (Å²) >= 11 is 0. The lowest BCUT2D eigenvalue weighted by molar-refractivity contribution is -0.145. The topological polar surface area (TPSA) is 84.9 Å². The zero-order valence-corrected chi connectivity index (χ0v) is 15.6. The molecule has 2 aliphatic carbocycles. The molecule has 0 heterocycles. The number of benzene rings is 2. The molecule has 0 spiro atoms. The van der Waals surface area contributed by atoms with Crippen molar-refractivity contribution in [3.63, 3.8) is 0 Å². The van der Waals surface area contributed by atoms with Crippen molar-refractivity contribution in [3.05, 3.63) is 59.7 Å². The van der Waals surface area contributed by atoms with Crippen molar-refractivity contribution in [2.75, 3.05) is 13.7 Å². The fraction of sp³-hybridized carbons (Fsp3) is 0.364. The molecule has 0 radical (unpaired) electrons. The number of ether oxygens (including phenoxy) is 2. The molecule has 0 bridgehead atoms. The Morgan fingerprint density at radius 3 is 2.25 bits per heavy atom. The molecular weight excluding hydrogens is 358 g/mol. The van der Waals surface area contributed by atoms with Gasteiger partial charge in [-0.05, 0) is 35.1 Å². The maximum absolute atomic E-state index is 12.3. The molecule has 2 aromatic rings. The van der Waals surface area contributed by atoms with Crippen LogP contribution in [0.1, 0.15) is 29.9 Å². The highest BCUT2D eigenvalue weighted by atomic mass is 16.5. The van der Waals surface area contributed by atoms with E-state index < -0.39 is 24.2 Å². The SMILES string of the molecule is COC(=O)[C@@H]1C[C@@H](O)[C@H](NC(=O)OCC2c3ccccc3-c3ccccc32)C1. The molecule has 1 fully saturated rings. The molecule has 0 aromatic heterocycles. The smallest absolute Gasteiger partial charge is 0.407 e. The molecule has 146 valence electrons. The van der Waals surface area contributed by atoms with Crippen LogP contribution in [0.15, 0.2) is 48.5 Å². The van der Waals surface area contributed by atoms with Crippen molar-refractivity contribution in [3.8, 4) is 11.1 Å². The monoisotopic (exact) mass is 381 g/mol. The van der Waals surface area contributed by atoms with Crippen molar-refractivity contribution in [2.45, 2.75) is 30.9 Å². The molecule has 6 heteroatoms. The number of hydrogen-bond acceptors (Lipinski definition) is 5. The largest absolute Gasteiger partial charge is 0.469 e. The zero-order valence-electron chi connectivity index (χ0n) is 15.6. The molecule has 0 unspecified atom stereocenters. The summed E-state index contributed by atoms with van der Waals surface area (Å²) in [6.45, 7) is 0.211. The average molecular weight is 381 g/mol. The van der Waals surface area contributed by atoms with E-state index in [2.05, 4.69) is 29.6 Å². The Morgan fingerprint density at radius 2 is 1.64 bits per heavy atom. The number of hydrogen-bond donors (Lipinski definition) is 2. The lowest BCUT2D eigenvalue weighted by Gasteiger charge is -2.18. The van der Waals surface area contributed by atoms with Crippen molar-refractivity contribution < 1.29 is 24.2 Å². The highest BCUT2D eigenvalue weighted by molar-refractivity contribution is 5.79. The summed E-state index contributed by atoms with van der Waals surface area (Å²) in [4.78, 5) is 24.0. The number of alkyl carbamates (subject to hydrolysis) is 1. The van der Waals surface area contributed by atoms with Crippen molar-refractivity contribution in [1.29, 1.82) is 0 Å². The number of aliphatic hydroxyl groups excluding tert-OH is 1. The lowest BCUT2D eigenvalue weighted by atomic mass is 9.98. The van der Waals surface area contributed by atoms with E-state index in [0.717, 1.165) is 11.1 Å². The van der Waals surface area contributed by atoms with Crippen LogP contribution >= 0.6 is 0 Å². The van der Waals surface area contributed by atoms with E-state index >= 15 is 0 Å². The molecule has 1 amide bonds. The van der Waals surface area contributed by atoms with Gasteiger partial charge in [-0.25, -0.2) is 4.79 Å². The molecule has 28 heavy (non-hydrogen) atoms. The van der Waals surface area contributed by atoms with Gasteiger partial charge in [0.2, 0.25) is 0 Å². The number of esters is 1. The zero-order chi connectivity index (χ0) is 19.7. The second kappa shape index (κ2) is 7.64. The Balaban J connectivity index is 1.40. The summed E-state index contributed by atoms with van der Waals surface area (Å²) in [5.41, 5.74) is 4.62. The van der Waals surface area contributed by atoms with Crippen molar-refractivity contribution in [1.82, 2.24) is 5.32 Å². The summed E-state index contributed by atoms with van der Waals surface area (Å²) in [7, 11) is 1.32. The molecule has 1 saturated carbocycles. The first-order valence-corrected chi connectivity index (χ1v) is 9.46. The quantitative estimate of drug-likeness (QED) is 0.796. The fourth-order valence-electron chi connectivity index (χ4n) is 4.32. The Hall–Kier alpha value is -2.86. The summed E-state index contributed by atoms with van der Waals surface area (Å²) in [6.07, 6.45) is -0.750. The number of aliphatic hydroxyl groups is 1. The Morgan fingerprint density at radius 1 is 1.04 bits per heavy atom. The number of amides is 1. The van der Waals surface area contributed by atoms with E-state index in [1.54, 1.807) is 0 Å². The van der Waals surface area contributed by atoms with E-state index in [9.17, 15) is 14.7 Å². The van der Waals surface area contributed by atoms with E-state index in [1.807, 2.05) is 24.3 Å². The van der Waals surface area contributed by atoms with E-state index in [1.165, 1.54) is 18.2 Å². The molecular formula is C22H23NO5. The average Bonchev–Trinajstić information content (AvgIpc) is 3.24. The summed E-state index contributed by atoms with van der Waals surface area (Å²) in [6, 6.07) is 15.7. The number of fused-ring (bicyclic) bond motifs is 3. The predicted octanol–water partition coefficient (Wildman–Crippen LogP) is 2.84. The summed E-state index contributed by atoms with van der Waals surface area (Å²) in [5, 5.41) is 12.8. The van der Waals surface area contributed by atoms with Gasteiger partial charge >= 0.3 is 12.1 Å². The van der Waals surface area contributed by atoms with E-state index in [-0.39, 0.29) is 24.9 Å². The molecule has 6 nitrogen and oxygen atoms in total. The van der Waals surface area contributed by atoms with Crippen LogP contribution in [0.5, 0.6) is 0 Å². The van der Waals surface area contributed by atoms with Gasteiger partial charge < -0.3 is 19.9 Å². The molecule has 2 aromatic carbocycles. The second-order valence-electron chi connectivity index (χ2n) is 7.34. The van der Waals surface area contributed by atoms with Gasteiger partial charge in [0, 0.05) is 5.92 Å². The molecule has 3 atom stereocenters. The van der Waals surface area contributed by atoms with Crippen LogP contribution in [-0.2, 0) is 14.3 Å². The minimum absolute atomic E-state index is 0.0190. The summed E-state index contributed by atoms with van der Waals surface area (Å²) in [5.74, 6) is -0.788. The maximum atomic E-state index is 12.3. The predicted molar refractivity (Wildman–Crippen MR) is 103 cm³/mol. The van der Waals surface area contributed by atoms with Crippen LogP contribution in [0.25, 0.3) is 11.1 Å². The van der Waals surface area contributed by atoms with Crippen molar-refractivity contribution >= 4 is 12.1 Å². The number of methoxy groups -OCH3 is 1. The van der Waals surface area contributed by atoms with Crippen LogP contribution in [0, 0.1) is 5.92 Å². The van der Waals surface area contributed by atoms with Gasteiger partial charge in [-0.15, -0.1) is 0 Å². The number of rotatable bonds is 4. The molecule has 4 rings (SSSR count). The van der Waals surface area contributed by atoms with Gasteiger partial charge in [0.05, 0.1) is 25.2 Å². The third-order valence-electron chi connectivity index (χ3n) is 5.71. The number of nitrogens with one attached hydrogen (secondary N) is 1. The normalized spacial score (nSPS) is 23.0. The van der Waals surface area contributed by atoms with Crippen molar-refractivity contribution in [2.24, 2.45) is 5.92 Å². The minimum atomic E-state index is -0.787. The first kappa shape index (κ1) is 18.5. The van der Waals surface area contributed by atoms with Gasteiger partial charge in [0.15, 0.2) is 0 Å². The highest BCUT2D eigenvalue weighted by Crippen LogP contribution is 2.44. The molecule has 0 saturated heterocycles. The number of carbonyl (C=O) groups excluding carboxylic acids is 2. The fourth-order valence-corrected chi connectivity index (χ4v) is 4.32. The standard InChI is InChI=1S/C22H23NO5/c1-27-21(25)13-10-19(20(24)11-13)23-22(26)28-12-18-16-8-4-2-6-14(16)15-7-3-5-9-17(15)18/h2-9,13,18-20,24H,10-12H2,1H3,(H,23,26)/t13-,19+,20+/m0/s1. The summed E-state index contributed by atoms with van der Waals surface area (Å²) < 4.78 is 10.2. The second-order valence-corrected chi connectivity index (χ2v) is 7.34. The third kappa shape index (κ3) is 3.36. The molecule has 2 N–H and O–H groups in total. The van der Waals surface area contributed by atoms with E-state index in [0.29, 0.717) is 6.42 Å². The minimum Gasteiger partial charge on any atom is -0.469 e.